The normalized spacial score (nSPS) is 13.7. The van der Waals surface area contributed by atoms with Crippen LogP contribution in [0.15, 0.2) is 48.5 Å². The molecule has 0 saturated carbocycles. The number of rotatable bonds is 4. The Kier molecular flexibility index (Phi) is 3.69. The van der Waals surface area contributed by atoms with Crippen LogP contribution in [0.2, 0.25) is 0 Å². The highest BCUT2D eigenvalue weighted by Crippen LogP contribution is 2.38. The topological polar surface area (TPSA) is 57.6 Å². The maximum Gasteiger partial charge on any atom is 0.264 e. The van der Waals surface area contributed by atoms with Crippen molar-refractivity contribution >= 4 is 21.5 Å². The summed E-state index contributed by atoms with van der Waals surface area (Å²) in [6.45, 7) is 0.563. The third-order valence-corrected chi connectivity index (χ3v) is 4.53. The van der Waals surface area contributed by atoms with Gasteiger partial charge < -0.3 is 4.90 Å². The number of nitrogens with zero attached hydrogens (tertiary/aromatic N) is 1. The molecular weight excluding hydrogens is 286 g/mol. The third kappa shape index (κ3) is 3.09. The molecule has 0 unspecified atom stereocenters. The van der Waals surface area contributed by atoms with Crippen LogP contribution in [-0.2, 0) is 16.5 Å². The molecule has 0 spiro atoms. The number of hydrogen-bond acceptors (Lipinski definition) is 3. The highest BCUT2D eigenvalue weighted by molar-refractivity contribution is 7.85. The van der Waals surface area contributed by atoms with Crippen LogP contribution in [0.25, 0.3) is 0 Å². The second-order valence-electron chi connectivity index (χ2n) is 5.23. The summed E-state index contributed by atoms with van der Waals surface area (Å²) in [6.07, 6.45) is 1.28. The van der Waals surface area contributed by atoms with Crippen molar-refractivity contribution in [2.75, 3.05) is 17.2 Å². The molecule has 5 heteroatoms. The molecule has 3 rings (SSSR count). The largest absolute Gasteiger partial charge is 0.341 e. The van der Waals surface area contributed by atoms with Crippen LogP contribution in [0, 0.1) is 0 Å². The van der Waals surface area contributed by atoms with Gasteiger partial charge in [-0.2, -0.15) is 8.42 Å². The van der Waals surface area contributed by atoms with Crippen molar-refractivity contribution in [1.82, 2.24) is 0 Å². The SMILES string of the molecule is O=S(=O)(O)CCCN1c2ccccc2Cc2ccccc21. The minimum atomic E-state index is -3.91. The van der Waals surface area contributed by atoms with Crippen LogP contribution < -0.4 is 4.90 Å². The van der Waals surface area contributed by atoms with E-state index in [9.17, 15) is 8.42 Å². The van der Waals surface area contributed by atoms with Crippen molar-refractivity contribution < 1.29 is 13.0 Å². The zero-order chi connectivity index (χ0) is 14.9. The van der Waals surface area contributed by atoms with E-state index in [0.717, 1.165) is 17.8 Å². The first kappa shape index (κ1) is 14.1. The highest BCUT2D eigenvalue weighted by atomic mass is 32.2. The molecule has 2 aromatic rings. The molecule has 0 saturated heterocycles. The van der Waals surface area contributed by atoms with Gasteiger partial charge in [-0.05, 0) is 29.7 Å². The molecule has 0 fully saturated rings. The fraction of sp³-hybridized carbons (Fsp3) is 0.250. The number of benzene rings is 2. The van der Waals surface area contributed by atoms with Gasteiger partial charge in [0.2, 0.25) is 0 Å². The Morgan fingerprint density at radius 2 is 1.48 bits per heavy atom. The molecule has 0 radical (unpaired) electrons. The van der Waals surface area contributed by atoms with Gasteiger partial charge in [0.15, 0.2) is 0 Å². The standard InChI is InChI=1S/C16H17NO3S/c18-21(19,20)11-5-10-17-15-8-3-1-6-13(15)12-14-7-2-4-9-16(14)17/h1-4,6-9H,5,10-12H2,(H,18,19,20). The third-order valence-electron chi connectivity index (χ3n) is 3.73. The first-order valence-electron chi connectivity index (χ1n) is 6.93. The quantitative estimate of drug-likeness (QED) is 0.882. The van der Waals surface area contributed by atoms with Gasteiger partial charge in [-0.25, -0.2) is 0 Å². The van der Waals surface area contributed by atoms with Gasteiger partial charge >= 0.3 is 0 Å². The molecule has 0 aromatic heterocycles. The van der Waals surface area contributed by atoms with Gasteiger partial charge in [0.05, 0.1) is 5.75 Å². The van der Waals surface area contributed by atoms with Gasteiger partial charge in [0.1, 0.15) is 0 Å². The van der Waals surface area contributed by atoms with Crippen LogP contribution >= 0.6 is 0 Å². The molecule has 1 aliphatic rings. The average Bonchev–Trinajstić information content (AvgIpc) is 2.45. The Morgan fingerprint density at radius 1 is 0.952 bits per heavy atom. The number of anilines is 2. The minimum absolute atomic E-state index is 0.214. The van der Waals surface area contributed by atoms with Gasteiger partial charge in [-0.3, -0.25) is 4.55 Å². The van der Waals surface area contributed by atoms with E-state index in [1.165, 1.54) is 11.1 Å². The summed E-state index contributed by atoms with van der Waals surface area (Å²) >= 11 is 0. The maximum atomic E-state index is 10.9. The molecule has 1 N–H and O–H groups in total. The molecule has 1 aliphatic heterocycles. The maximum absolute atomic E-state index is 10.9. The lowest BCUT2D eigenvalue weighted by Crippen LogP contribution is -2.25. The summed E-state index contributed by atoms with van der Waals surface area (Å²) in [7, 11) is -3.91. The van der Waals surface area contributed by atoms with E-state index in [1.807, 2.05) is 24.3 Å². The minimum Gasteiger partial charge on any atom is -0.341 e. The van der Waals surface area contributed by atoms with Gasteiger partial charge in [0, 0.05) is 24.3 Å². The Labute approximate surface area is 124 Å². The first-order chi connectivity index (χ1) is 10.0. The average molecular weight is 303 g/mol. The zero-order valence-corrected chi connectivity index (χ0v) is 12.4. The number of fused-ring (bicyclic) bond motifs is 2. The number of hydrogen-bond donors (Lipinski definition) is 1. The summed E-state index contributed by atoms with van der Waals surface area (Å²) in [6, 6.07) is 16.3. The molecule has 0 amide bonds. The van der Waals surface area contributed by atoms with Gasteiger partial charge in [0.25, 0.3) is 10.1 Å². The molecule has 0 atom stereocenters. The Hall–Kier alpha value is -1.85. The van der Waals surface area contributed by atoms with Gasteiger partial charge in [-0.15, -0.1) is 0 Å². The van der Waals surface area contributed by atoms with Crippen molar-refractivity contribution in [1.29, 1.82) is 0 Å². The van der Waals surface area contributed by atoms with E-state index in [-0.39, 0.29) is 5.75 Å². The summed E-state index contributed by atoms with van der Waals surface area (Å²) in [5, 5.41) is 0. The lowest BCUT2D eigenvalue weighted by Gasteiger charge is -2.33. The van der Waals surface area contributed by atoms with E-state index in [0.29, 0.717) is 13.0 Å². The van der Waals surface area contributed by atoms with E-state index in [4.69, 9.17) is 4.55 Å². The molecule has 110 valence electrons. The van der Waals surface area contributed by atoms with Crippen molar-refractivity contribution in [3.8, 4) is 0 Å². The van der Waals surface area contributed by atoms with E-state index >= 15 is 0 Å². The van der Waals surface area contributed by atoms with Crippen molar-refractivity contribution in [2.24, 2.45) is 0 Å². The molecule has 0 aliphatic carbocycles. The monoisotopic (exact) mass is 303 g/mol. The van der Waals surface area contributed by atoms with E-state index in [1.54, 1.807) is 0 Å². The summed E-state index contributed by atoms with van der Waals surface area (Å²) in [4.78, 5) is 2.14. The van der Waals surface area contributed by atoms with Crippen LogP contribution in [0.1, 0.15) is 17.5 Å². The molecule has 21 heavy (non-hydrogen) atoms. The van der Waals surface area contributed by atoms with Crippen LogP contribution in [0.4, 0.5) is 11.4 Å². The first-order valence-corrected chi connectivity index (χ1v) is 8.54. The predicted octanol–water partition coefficient (Wildman–Crippen LogP) is 3.01. The molecule has 0 bridgehead atoms. The Morgan fingerprint density at radius 3 is 2.00 bits per heavy atom. The second kappa shape index (κ2) is 5.50. The summed E-state index contributed by atoms with van der Waals surface area (Å²) in [5.41, 5.74) is 4.71. The van der Waals surface area contributed by atoms with Crippen molar-refractivity contribution in [3.05, 3.63) is 59.7 Å². The van der Waals surface area contributed by atoms with Gasteiger partial charge in [-0.1, -0.05) is 36.4 Å². The summed E-state index contributed by atoms with van der Waals surface area (Å²) in [5.74, 6) is -0.214. The van der Waals surface area contributed by atoms with Crippen LogP contribution in [0.3, 0.4) is 0 Å². The van der Waals surface area contributed by atoms with Crippen molar-refractivity contribution in [2.45, 2.75) is 12.8 Å². The fourth-order valence-corrected chi connectivity index (χ4v) is 3.32. The molecular formula is C16H17NO3S. The molecule has 1 heterocycles. The fourth-order valence-electron chi connectivity index (χ4n) is 2.83. The summed E-state index contributed by atoms with van der Waals surface area (Å²) < 4.78 is 30.7. The predicted molar refractivity (Wildman–Crippen MR) is 83.7 cm³/mol. The number of para-hydroxylation sites is 2. The lowest BCUT2D eigenvalue weighted by atomic mass is 9.95. The Bertz CT molecular complexity index is 710. The molecule has 4 nitrogen and oxygen atoms in total. The van der Waals surface area contributed by atoms with E-state index in [2.05, 4.69) is 29.2 Å². The Balaban J connectivity index is 1.91. The van der Waals surface area contributed by atoms with Crippen molar-refractivity contribution in [3.63, 3.8) is 0 Å². The smallest absolute Gasteiger partial charge is 0.264 e. The second-order valence-corrected chi connectivity index (χ2v) is 6.80. The van der Waals surface area contributed by atoms with E-state index < -0.39 is 10.1 Å². The zero-order valence-electron chi connectivity index (χ0n) is 11.6. The van der Waals surface area contributed by atoms with Crippen LogP contribution in [0.5, 0.6) is 0 Å². The molecule has 2 aromatic carbocycles. The lowest BCUT2D eigenvalue weighted by molar-refractivity contribution is 0.481. The van der Waals surface area contributed by atoms with Crippen LogP contribution in [-0.4, -0.2) is 25.3 Å². The highest BCUT2D eigenvalue weighted by Gasteiger charge is 2.21.